The van der Waals surface area contributed by atoms with Gasteiger partial charge in [0.05, 0.1) is 0 Å². The van der Waals surface area contributed by atoms with E-state index in [1.54, 1.807) is 0 Å². The lowest BCUT2D eigenvalue weighted by atomic mass is 9.98. The van der Waals surface area contributed by atoms with Crippen molar-refractivity contribution in [2.75, 3.05) is 26.2 Å². The van der Waals surface area contributed by atoms with Gasteiger partial charge in [0.2, 0.25) is 0 Å². The Kier molecular flexibility index (Phi) is 10.9. The summed E-state index contributed by atoms with van der Waals surface area (Å²) in [6.45, 7) is 13.9. The first-order valence-electron chi connectivity index (χ1n) is 10.1. The molecule has 2 nitrogen and oxygen atoms in total. The average Bonchev–Trinajstić information content (AvgIpc) is 2.59. The predicted octanol–water partition coefficient (Wildman–Crippen LogP) is 5.82. The molecule has 1 aliphatic heterocycles. The highest BCUT2D eigenvalue weighted by atomic mass is 15.2. The van der Waals surface area contributed by atoms with Crippen LogP contribution in [0.2, 0.25) is 0 Å². The minimum absolute atomic E-state index is 0.853. The summed E-state index contributed by atoms with van der Waals surface area (Å²) < 4.78 is 0. The summed E-state index contributed by atoms with van der Waals surface area (Å²) in [7, 11) is 0. The first kappa shape index (κ1) is 20.1. The third kappa shape index (κ3) is 7.94. The van der Waals surface area contributed by atoms with Gasteiger partial charge < -0.3 is 9.80 Å². The highest BCUT2D eigenvalue weighted by Gasteiger charge is 2.14. The van der Waals surface area contributed by atoms with Crippen molar-refractivity contribution in [1.29, 1.82) is 0 Å². The van der Waals surface area contributed by atoms with Crippen LogP contribution in [0.25, 0.3) is 0 Å². The zero-order chi connectivity index (χ0) is 16.9. The number of rotatable bonds is 13. The number of unbranched alkanes of at least 4 members (excludes halogenated alkanes) is 3. The molecule has 0 radical (unpaired) electrons. The van der Waals surface area contributed by atoms with Crippen molar-refractivity contribution in [3.63, 3.8) is 0 Å². The summed E-state index contributed by atoms with van der Waals surface area (Å²) in [5.74, 6) is 0.853. The lowest BCUT2D eigenvalue weighted by molar-refractivity contribution is 0.291. The minimum Gasteiger partial charge on any atom is -0.373 e. The van der Waals surface area contributed by atoms with Gasteiger partial charge in [0.1, 0.15) is 0 Å². The lowest BCUT2D eigenvalue weighted by Gasteiger charge is -2.32. The Labute approximate surface area is 145 Å². The monoisotopic (exact) mass is 320 g/mol. The molecule has 1 unspecified atom stereocenters. The van der Waals surface area contributed by atoms with Gasteiger partial charge in [-0.3, -0.25) is 0 Å². The van der Waals surface area contributed by atoms with Gasteiger partial charge in [-0.25, -0.2) is 0 Å². The van der Waals surface area contributed by atoms with Crippen LogP contribution in [0.5, 0.6) is 0 Å². The maximum absolute atomic E-state index is 2.59. The van der Waals surface area contributed by atoms with Gasteiger partial charge in [-0.1, -0.05) is 59.8 Å². The van der Waals surface area contributed by atoms with Gasteiger partial charge in [-0.15, -0.1) is 0 Å². The van der Waals surface area contributed by atoms with E-state index >= 15 is 0 Å². The van der Waals surface area contributed by atoms with Crippen LogP contribution >= 0.6 is 0 Å². The van der Waals surface area contributed by atoms with Crippen LogP contribution < -0.4 is 0 Å². The Morgan fingerprint density at radius 1 is 1.00 bits per heavy atom. The van der Waals surface area contributed by atoms with Crippen molar-refractivity contribution in [1.82, 2.24) is 9.80 Å². The van der Waals surface area contributed by atoms with Crippen molar-refractivity contribution in [2.45, 2.75) is 79.1 Å². The Hall–Kier alpha value is -0.920. The van der Waals surface area contributed by atoms with E-state index in [1.165, 1.54) is 76.7 Å². The molecule has 1 rings (SSSR count). The third-order valence-corrected chi connectivity index (χ3v) is 4.96. The third-order valence-electron chi connectivity index (χ3n) is 4.96. The first-order valence-corrected chi connectivity index (χ1v) is 10.1. The molecule has 0 aromatic heterocycles. The zero-order valence-corrected chi connectivity index (χ0v) is 16.2. The fraction of sp³-hybridized carbons (Fsp3) is 0.810. The summed E-state index contributed by atoms with van der Waals surface area (Å²) >= 11 is 0. The minimum atomic E-state index is 0.853. The molecular formula is C21H40N2. The summed E-state index contributed by atoms with van der Waals surface area (Å²) in [6, 6.07) is 0. The molecule has 0 saturated carbocycles. The molecule has 1 heterocycles. The number of hydrogen-bond donors (Lipinski definition) is 0. The Morgan fingerprint density at radius 3 is 2.13 bits per heavy atom. The average molecular weight is 321 g/mol. The van der Waals surface area contributed by atoms with Crippen LogP contribution in [0.4, 0.5) is 0 Å². The topological polar surface area (TPSA) is 6.48 Å². The van der Waals surface area contributed by atoms with Crippen LogP contribution in [-0.4, -0.2) is 36.0 Å². The molecular weight excluding hydrogens is 280 g/mol. The summed E-state index contributed by atoms with van der Waals surface area (Å²) in [6.07, 6.45) is 17.7. The van der Waals surface area contributed by atoms with Crippen molar-refractivity contribution in [3.05, 3.63) is 24.0 Å². The van der Waals surface area contributed by atoms with Crippen LogP contribution in [-0.2, 0) is 0 Å². The number of nitrogens with zero attached hydrogens (tertiary/aromatic N) is 2. The second-order valence-corrected chi connectivity index (χ2v) is 7.01. The highest BCUT2D eigenvalue weighted by Crippen LogP contribution is 2.19. The van der Waals surface area contributed by atoms with Crippen molar-refractivity contribution in [3.8, 4) is 0 Å². The first-order chi connectivity index (χ1) is 11.2. The van der Waals surface area contributed by atoms with Crippen molar-refractivity contribution < 1.29 is 0 Å². The van der Waals surface area contributed by atoms with Crippen molar-refractivity contribution in [2.24, 2.45) is 5.92 Å². The van der Waals surface area contributed by atoms with Crippen LogP contribution in [0.3, 0.4) is 0 Å². The van der Waals surface area contributed by atoms with Crippen LogP contribution in [0, 0.1) is 5.92 Å². The molecule has 1 atom stereocenters. The Morgan fingerprint density at radius 2 is 1.65 bits per heavy atom. The van der Waals surface area contributed by atoms with Gasteiger partial charge >= 0.3 is 0 Å². The molecule has 2 heteroatoms. The summed E-state index contributed by atoms with van der Waals surface area (Å²) in [5, 5.41) is 0. The summed E-state index contributed by atoms with van der Waals surface area (Å²) in [4.78, 5) is 5.10. The molecule has 134 valence electrons. The van der Waals surface area contributed by atoms with Crippen LogP contribution in [0.1, 0.15) is 79.1 Å². The summed E-state index contributed by atoms with van der Waals surface area (Å²) in [5.41, 5.74) is 1.45. The lowest BCUT2D eigenvalue weighted by Crippen LogP contribution is -2.31. The Balaban J connectivity index is 2.49. The smallest absolute Gasteiger partial charge is 0.0377 e. The van der Waals surface area contributed by atoms with E-state index < -0.39 is 0 Å². The van der Waals surface area contributed by atoms with E-state index in [9.17, 15) is 0 Å². The fourth-order valence-electron chi connectivity index (χ4n) is 3.21. The molecule has 0 N–H and O–H groups in total. The SMILES string of the molecule is CCCCC(CC)CN1C=CC(N(CCCC)CCCC)=CC1. The molecule has 1 aliphatic rings. The second-order valence-electron chi connectivity index (χ2n) is 7.01. The molecule has 0 amide bonds. The van der Waals surface area contributed by atoms with Gasteiger partial charge in [0.15, 0.2) is 0 Å². The van der Waals surface area contributed by atoms with Crippen molar-refractivity contribution >= 4 is 0 Å². The van der Waals surface area contributed by atoms with Gasteiger partial charge in [-0.2, -0.15) is 0 Å². The maximum Gasteiger partial charge on any atom is 0.0377 e. The molecule has 0 spiro atoms. The highest BCUT2D eigenvalue weighted by molar-refractivity contribution is 5.21. The van der Waals surface area contributed by atoms with E-state index in [1.807, 2.05) is 0 Å². The van der Waals surface area contributed by atoms with E-state index in [2.05, 4.69) is 55.8 Å². The fourth-order valence-corrected chi connectivity index (χ4v) is 3.21. The Bertz CT molecular complexity index is 338. The van der Waals surface area contributed by atoms with E-state index in [-0.39, 0.29) is 0 Å². The maximum atomic E-state index is 2.59. The van der Waals surface area contributed by atoms with E-state index in [4.69, 9.17) is 0 Å². The number of hydrogen-bond acceptors (Lipinski definition) is 2. The van der Waals surface area contributed by atoms with Crippen LogP contribution in [0.15, 0.2) is 24.0 Å². The number of allylic oxidation sites excluding steroid dienone is 1. The molecule has 0 aromatic rings. The van der Waals surface area contributed by atoms with Gasteiger partial charge in [0.25, 0.3) is 0 Å². The molecule has 0 aromatic carbocycles. The van der Waals surface area contributed by atoms with E-state index in [0.717, 1.165) is 12.5 Å². The second kappa shape index (κ2) is 12.5. The molecule has 23 heavy (non-hydrogen) atoms. The standard InChI is InChI=1S/C21H40N2/c1-5-9-12-20(8-4)19-22-17-13-21(14-18-22)23(15-10-6-2)16-11-7-3/h13-14,17,20H,5-12,15-16,18-19H2,1-4H3. The van der Waals surface area contributed by atoms with Gasteiger partial charge in [0, 0.05) is 38.1 Å². The molecule has 0 saturated heterocycles. The van der Waals surface area contributed by atoms with Gasteiger partial charge in [-0.05, 0) is 37.3 Å². The predicted molar refractivity (Wildman–Crippen MR) is 103 cm³/mol. The quantitative estimate of drug-likeness (QED) is 0.422. The molecule has 0 bridgehead atoms. The zero-order valence-electron chi connectivity index (χ0n) is 16.2. The largest absolute Gasteiger partial charge is 0.373 e. The molecule has 0 fully saturated rings. The molecule has 0 aliphatic carbocycles. The normalized spacial score (nSPS) is 15.7. The van der Waals surface area contributed by atoms with E-state index in [0.29, 0.717) is 0 Å².